The quantitative estimate of drug-likeness (QED) is 0.229. The minimum Gasteiger partial charge on any atom is -0.496 e. The van der Waals surface area contributed by atoms with Crippen LogP contribution in [0.5, 0.6) is 5.75 Å². The first-order chi connectivity index (χ1) is 21.0. The Hall–Kier alpha value is -5.08. The number of hydrogen-bond acceptors (Lipinski definition) is 4. The summed E-state index contributed by atoms with van der Waals surface area (Å²) in [5, 5.41) is 4.46. The van der Waals surface area contributed by atoms with Gasteiger partial charge in [-0.3, -0.25) is 14.5 Å². The summed E-state index contributed by atoms with van der Waals surface area (Å²) in [5.74, 6) is -0.131. The Kier molecular flexibility index (Phi) is 6.63. The first-order valence-corrected chi connectivity index (χ1v) is 14.3. The summed E-state index contributed by atoms with van der Waals surface area (Å²) in [4.78, 5) is 48.3. The average molecular weight is 591 g/mol. The van der Waals surface area contributed by atoms with Crippen LogP contribution in [0.2, 0.25) is 5.02 Å². The molecular weight excluding hydrogens is 564 g/mol. The number of carbonyl (C=O) groups excluding carboxylic acids is 3. The van der Waals surface area contributed by atoms with Gasteiger partial charge in [0.25, 0.3) is 11.8 Å². The van der Waals surface area contributed by atoms with Gasteiger partial charge in [-0.25, -0.2) is 9.69 Å². The van der Waals surface area contributed by atoms with Gasteiger partial charge in [-0.2, -0.15) is 0 Å². The summed E-state index contributed by atoms with van der Waals surface area (Å²) in [6, 6.07) is 27.5. The van der Waals surface area contributed by atoms with Crippen molar-refractivity contribution in [3.63, 3.8) is 0 Å². The molecule has 43 heavy (non-hydrogen) atoms. The zero-order valence-corrected chi connectivity index (χ0v) is 24.0. The number of carbonyl (C=O) groups is 3. The number of fused-ring (bicyclic) bond motifs is 4. The topological polar surface area (TPSA) is 94.7 Å². The van der Waals surface area contributed by atoms with Crippen LogP contribution in [-0.4, -0.2) is 40.9 Å². The predicted octanol–water partition coefficient (Wildman–Crippen LogP) is 6.24. The molecule has 3 heterocycles. The van der Waals surface area contributed by atoms with Crippen molar-refractivity contribution in [3.05, 3.63) is 130 Å². The lowest BCUT2D eigenvalue weighted by Gasteiger charge is -2.36. The average Bonchev–Trinajstić information content (AvgIpc) is 3.52. The summed E-state index contributed by atoms with van der Waals surface area (Å²) in [7, 11) is 1.57. The molecule has 0 radical (unpaired) electrons. The highest BCUT2D eigenvalue weighted by Gasteiger charge is 2.53. The van der Waals surface area contributed by atoms with Crippen molar-refractivity contribution in [2.45, 2.75) is 25.0 Å². The maximum Gasteiger partial charge on any atom is 0.332 e. The number of aromatic amines is 1. The number of anilines is 1. The molecule has 0 aliphatic carbocycles. The molecule has 1 saturated heterocycles. The number of imide groups is 1. The second kappa shape index (κ2) is 10.6. The van der Waals surface area contributed by atoms with Crippen LogP contribution >= 0.6 is 11.6 Å². The van der Waals surface area contributed by atoms with Crippen LogP contribution in [0.15, 0.2) is 97.1 Å². The van der Waals surface area contributed by atoms with E-state index < -0.39 is 24.0 Å². The highest BCUT2D eigenvalue weighted by atomic mass is 35.5. The van der Waals surface area contributed by atoms with Gasteiger partial charge in [-0.05, 0) is 47.5 Å². The van der Waals surface area contributed by atoms with E-state index in [-0.39, 0.29) is 23.7 Å². The van der Waals surface area contributed by atoms with Gasteiger partial charge in [0.2, 0.25) is 0 Å². The minimum absolute atomic E-state index is 0.215. The Bertz CT molecular complexity index is 1920. The zero-order valence-electron chi connectivity index (χ0n) is 23.2. The molecule has 4 aromatic carbocycles. The van der Waals surface area contributed by atoms with E-state index in [1.54, 1.807) is 42.3 Å². The van der Waals surface area contributed by atoms with E-state index >= 15 is 0 Å². The third kappa shape index (κ3) is 4.42. The minimum atomic E-state index is -0.757. The zero-order chi connectivity index (χ0) is 29.7. The third-order valence-corrected chi connectivity index (χ3v) is 8.47. The summed E-state index contributed by atoms with van der Waals surface area (Å²) in [6.07, 6.45) is 0.347. The number of nitrogens with zero attached hydrogens (tertiary/aromatic N) is 2. The summed E-state index contributed by atoms with van der Waals surface area (Å²) in [5.41, 5.74) is 4.84. The molecule has 4 amide bonds. The van der Waals surface area contributed by atoms with Crippen LogP contribution in [0.1, 0.15) is 38.8 Å². The second-order valence-corrected chi connectivity index (χ2v) is 11.1. The standard InChI is InChI=1S/C34H27ClN4O4/c1-43-29-16-7-2-9-21(29)19-36-32(40)24-13-4-6-15-27(24)39-33(41)28-18-25-23-12-3-5-14-26(23)37-30(25)31(38(28)34(39)42)20-10-8-11-22(35)17-20/h2-17,28,31,37H,18-19H2,1H3,(H,36,40)/t28-,31+/m0/s1. The Labute approximate surface area is 252 Å². The molecular formula is C34H27ClN4O4. The van der Waals surface area contributed by atoms with Gasteiger partial charge in [0, 0.05) is 40.1 Å². The fraction of sp³-hybridized carbons (Fsp3) is 0.147. The molecule has 1 fully saturated rings. The first-order valence-electron chi connectivity index (χ1n) is 14.0. The van der Waals surface area contributed by atoms with Crippen LogP contribution in [0.25, 0.3) is 10.9 Å². The highest BCUT2D eigenvalue weighted by molar-refractivity contribution is 6.30. The number of benzene rings is 4. The van der Waals surface area contributed by atoms with Gasteiger partial charge < -0.3 is 15.0 Å². The van der Waals surface area contributed by atoms with Crippen LogP contribution in [0.4, 0.5) is 10.5 Å². The number of urea groups is 1. The lowest BCUT2D eigenvalue weighted by atomic mass is 9.89. The number of H-pyrrole nitrogens is 1. The lowest BCUT2D eigenvalue weighted by molar-refractivity contribution is -0.120. The van der Waals surface area contributed by atoms with E-state index in [0.29, 0.717) is 17.2 Å². The SMILES string of the molecule is COc1ccccc1CNC(=O)c1ccccc1N1C(=O)[C@@H]2Cc3c([nH]c4ccccc34)[C@@H](c3cccc(Cl)c3)N2C1=O. The van der Waals surface area contributed by atoms with Gasteiger partial charge in [0.1, 0.15) is 17.8 Å². The molecule has 2 aliphatic heterocycles. The number of halogens is 1. The maximum absolute atomic E-state index is 14.3. The van der Waals surface area contributed by atoms with Crippen LogP contribution in [0.3, 0.4) is 0 Å². The molecule has 0 spiro atoms. The van der Waals surface area contributed by atoms with Gasteiger partial charge in [-0.1, -0.05) is 72.3 Å². The molecule has 0 saturated carbocycles. The summed E-state index contributed by atoms with van der Waals surface area (Å²) < 4.78 is 5.41. The lowest BCUT2D eigenvalue weighted by Crippen LogP contribution is -2.44. The number of ether oxygens (including phenoxy) is 1. The van der Waals surface area contributed by atoms with Crippen molar-refractivity contribution in [2.24, 2.45) is 0 Å². The fourth-order valence-corrected chi connectivity index (χ4v) is 6.50. The number of para-hydroxylation sites is 3. The number of nitrogens with one attached hydrogen (secondary N) is 2. The van der Waals surface area contributed by atoms with E-state index in [1.807, 2.05) is 66.7 Å². The van der Waals surface area contributed by atoms with Gasteiger partial charge in [0.15, 0.2) is 0 Å². The van der Waals surface area contributed by atoms with Crippen molar-refractivity contribution in [1.82, 2.24) is 15.2 Å². The van der Waals surface area contributed by atoms with Crippen molar-refractivity contribution in [2.75, 3.05) is 12.0 Å². The Morgan fingerprint density at radius 3 is 2.58 bits per heavy atom. The highest BCUT2D eigenvalue weighted by Crippen LogP contribution is 2.45. The number of aromatic nitrogens is 1. The molecule has 9 heteroatoms. The number of amides is 4. The molecule has 2 aliphatic rings. The van der Waals surface area contributed by atoms with Gasteiger partial charge in [0.05, 0.1) is 18.4 Å². The van der Waals surface area contributed by atoms with Crippen LogP contribution in [-0.2, 0) is 17.8 Å². The van der Waals surface area contributed by atoms with E-state index in [0.717, 1.165) is 38.2 Å². The monoisotopic (exact) mass is 590 g/mol. The van der Waals surface area contributed by atoms with Crippen molar-refractivity contribution >= 4 is 46.0 Å². The number of rotatable bonds is 6. The van der Waals surface area contributed by atoms with E-state index in [1.165, 1.54) is 0 Å². The van der Waals surface area contributed by atoms with Crippen molar-refractivity contribution < 1.29 is 19.1 Å². The van der Waals surface area contributed by atoms with Crippen molar-refractivity contribution in [3.8, 4) is 5.75 Å². The van der Waals surface area contributed by atoms with Crippen molar-refractivity contribution in [1.29, 1.82) is 0 Å². The summed E-state index contributed by atoms with van der Waals surface area (Å²) >= 11 is 6.41. The summed E-state index contributed by atoms with van der Waals surface area (Å²) in [6.45, 7) is 0.215. The van der Waals surface area contributed by atoms with E-state index in [4.69, 9.17) is 16.3 Å². The third-order valence-electron chi connectivity index (χ3n) is 8.24. The largest absolute Gasteiger partial charge is 0.496 e. The molecule has 8 nitrogen and oxygen atoms in total. The normalized spacial score (nSPS) is 17.6. The Morgan fingerprint density at radius 1 is 0.977 bits per heavy atom. The smallest absolute Gasteiger partial charge is 0.332 e. The predicted molar refractivity (Wildman–Crippen MR) is 164 cm³/mol. The molecule has 2 atom stereocenters. The van der Waals surface area contributed by atoms with E-state index in [2.05, 4.69) is 10.3 Å². The van der Waals surface area contributed by atoms with Gasteiger partial charge >= 0.3 is 6.03 Å². The maximum atomic E-state index is 14.3. The number of methoxy groups -OCH3 is 1. The van der Waals surface area contributed by atoms with E-state index in [9.17, 15) is 14.4 Å². The second-order valence-electron chi connectivity index (χ2n) is 10.6. The first kappa shape index (κ1) is 26.8. The molecule has 5 aromatic rings. The fourth-order valence-electron chi connectivity index (χ4n) is 6.30. The molecule has 7 rings (SSSR count). The molecule has 0 unspecified atom stereocenters. The number of hydrogen-bond donors (Lipinski definition) is 2. The Morgan fingerprint density at radius 2 is 1.74 bits per heavy atom. The van der Waals surface area contributed by atoms with Gasteiger partial charge in [-0.15, -0.1) is 0 Å². The Balaban J connectivity index is 1.27. The molecule has 2 N–H and O–H groups in total. The van der Waals surface area contributed by atoms with Crippen LogP contribution < -0.4 is 15.0 Å². The molecule has 214 valence electrons. The van der Waals surface area contributed by atoms with Crippen LogP contribution in [0, 0.1) is 0 Å². The molecule has 0 bridgehead atoms. The molecule has 1 aromatic heterocycles.